The molecule has 28 heavy (non-hydrogen) atoms. The Kier molecular flexibility index (Phi) is 6.27. The fourth-order valence-corrected chi connectivity index (χ4v) is 3.40. The summed E-state index contributed by atoms with van der Waals surface area (Å²) in [6.07, 6.45) is 4.20. The normalized spacial score (nSPS) is 21.1. The quantitative estimate of drug-likeness (QED) is 0.602. The van der Waals surface area contributed by atoms with Crippen molar-refractivity contribution >= 4 is 30.1 Å². The van der Waals surface area contributed by atoms with Crippen molar-refractivity contribution in [1.29, 1.82) is 0 Å². The van der Waals surface area contributed by atoms with Crippen molar-refractivity contribution in [3.63, 3.8) is 0 Å². The van der Waals surface area contributed by atoms with Crippen LogP contribution in [0.3, 0.4) is 0 Å². The summed E-state index contributed by atoms with van der Waals surface area (Å²) in [7, 11) is -0.601. The topological polar surface area (TPSA) is 44.8 Å². The van der Waals surface area contributed by atoms with Gasteiger partial charge in [0.15, 0.2) is 5.12 Å². The summed E-state index contributed by atoms with van der Waals surface area (Å²) < 4.78 is 32.2. The van der Waals surface area contributed by atoms with Crippen LogP contribution in [-0.2, 0) is 14.1 Å². The third-order valence-electron chi connectivity index (χ3n) is 5.48. The summed E-state index contributed by atoms with van der Waals surface area (Å²) in [6.45, 7) is 10.1. The van der Waals surface area contributed by atoms with Gasteiger partial charge in [0, 0.05) is 18.2 Å². The zero-order chi connectivity index (χ0) is 20.5. The maximum absolute atomic E-state index is 13.9. The van der Waals surface area contributed by atoms with Gasteiger partial charge in [-0.25, -0.2) is 4.39 Å². The molecular formula is C21H28BFO4S. The number of carbonyl (C=O) groups excluding carboxylic acids is 1. The molecular weight excluding hydrogens is 378 g/mol. The van der Waals surface area contributed by atoms with Gasteiger partial charge in [0.25, 0.3) is 0 Å². The fraction of sp³-hybridized carbons (Fsp3) is 0.571. The minimum Gasteiger partial charge on any atom is -0.493 e. The third kappa shape index (κ3) is 5.19. The standard InChI is InChI=1S/C21H28BFO4S/c1-14(24)28-13-17(22-26-20(2,3)21(4,5)27-22)10-16-11-18(23)8-9-19(16)25-12-15-6-7-15/h8-11,15H,6-7,12-13H2,1-5H3. The molecule has 1 aliphatic heterocycles. The Balaban J connectivity index is 1.90. The van der Waals surface area contributed by atoms with Gasteiger partial charge in [-0.2, -0.15) is 0 Å². The molecule has 0 N–H and O–H groups in total. The lowest BCUT2D eigenvalue weighted by Gasteiger charge is -2.32. The highest BCUT2D eigenvalue weighted by Gasteiger charge is 2.52. The molecule has 4 nitrogen and oxygen atoms in total. The molecule has 0 bridgehead atoms. The molecule has 1 heterocycles. The average molecular weight is 406 g/mol. The Bertz CT molecular complexity index is 758. The lowest BCUT2D eigenvalue weighted by Crippen LogP contribution is -2.41. The predicted octanol–water partition coefficient (Wildman–Crippen LogP) is 4.91. The van der Waals surface area contributed by atoms with Crippen LogP contribution >= 0.6 is 11.8 Å². The van der Waals surface area contributed by atoms with Crippen LogP contribution in [0.4, 0.5) is 4.39 Å². The Labute approximate surface area is 171 Å². The lowest BCUT2D eigenvalue weighted by molar-refractivity contribution is -0.109. The van der Waals surface area contributed by atoms with Gasteiger partial charge in [-0.1, -0.05) is 17.8 Å². The summed E-state index contributed by atoms with van der Waals surface area (Å²) in [4.78, 5) is 11.5. The smallest absolute Gasteiger partial charge is 0.491 e. The number of rotatable bonds is 7. The summed E-state index contributed by atoms with van der Waals surface area (Å²) in [6, 6.07) is 4.51. The maximum atomic E-state index is 13.9. The molecule has 0 amide bonds. The van der Waals surface area contributed by atoms with Crippen LogP contribution in [0.2, 0.25) is 0 Å². The van der Waals surface area contributed by atoms with E-state index < -0.39 is 18.3 Å². The highest BCUT2D eigenvalue weighted by atomic mass is 32.2. The fourth-order valence-electron chi connectivity index (χ4n) is 2.81. The van der Waals surface area contributed by atoms with Gasteiger partial charge < -0.3 is 14.0 Å². The third-order valence-corrected chi connectivity index (χ3v) is 6.37. The van der Waals surface area contributed by atoms with Gasteiger partial charge in [-0.05, 0) is 70.1 Å². The molecule has 0 radical (unpaired) electrons. The second-order valence-electron chi connectivity index (χ2n) is 8.52. The van der Waals surface area contributed by atoms with E-state index in [4.69, 9.17) is 14.0 Å². The predicted molar refractivity (Wildman–Crippen MR) is 112 cm³/mol. The Morgan fingerprint density at radius 3 is 2.50 bits per heavy atom. The van der Waals surface area contributed by atoms with E-state index in [2.05, 4.69) is 0 Å². The van der Waals surface area contributed by atoms with E-state index in [1.807, 2.05) is 33.8 Å². The van der Waals surface area contributed by atoms with Crippen molar-refractivity contribution in [2.75, 3.05) is 12.4 Å². The van der Waals surface area contributed by atoms with Crippen LogP contribution in [0.25, 0.3) is 6.08 Å². The second kappa shape index (κ2) is 8.21. The Hall–Kier alpha value is -1.31. The molecule has 0 atom stereocenters. The zero-order valence-electron chi connectivity index (χ0n) is 17.2. The number of benzene rings is 1. The summed E-state index contributed by atoms with van der Waals surface area (Å²) in [5.41, 5.74) is 0.422. The van der Waals surface area contributed by atoms with Crippen LogP contribution in [0.15, 0.2) is 23.7 Å². The molecule has 2 aliphatic rings. The molecule has 7 heteroatoms. The molecule has 1 aliphatic carbocycles. The first-order valence-electron chi connectivity index (χ1n) is 9.69. The molecule has 2 fully saturated rings. The maximum Gasteiger partial charge on any atom is 0.491 e. The Morgan fingerprint density at radius 2 is 1.93 bits per heavy atom. The molecule has 0 spiro atoms. The molecule has 0 aromatic heterocycles. The minimum atomic E-state index is -0.601. The number of carbonyl (C=O) groups is 1. The summed E-state index contributed by atoms with van der Waals surface area (Å²) >= 11 is 1.18. The van der Waals surface area contributed by atoms with E-state index in [1.165, 1.54) is 43.7 Å². The first-order valence-corrected chi connectivity index (χ1v) is 10.7. The van der Waals surface area contributed by atoms with Crippen molar-refractivity contribution in [2.24, 2.45) is 5.92 Å². The second-order valence-corrected chi connectivity index (χ2v) is 9.68. The highest BCUT2D eigenvalue weighted by molar-refractivity contribution is 8.13. The largest absolute Gasteiger partial charge is 0.493 e. The summed E-state index contributed by atoms with van der Waals surface area (Å²) in [5, 5.41) is 0.00636. The van der Waals surface area contributed by atoms with Crippen LogP contribution in [0, 0.1) is 11.7 Å². The molecule has 1 saturated heterocycles. The molecule has 152 valence electrons. The van der Waals surface area contributed by atoms with Crippen molar-refractivity contribution in [3.8, 4) is 5.75 Å². The monoisotopic (exact) mass is 406 g/mol. The van der Waals surface area contributed by atoms with E-state index in [0.29, 0.717) is 29.6 Å². The van der Waals surface area contributed by atoms with E-state index >= 15 is 0 Å². The molecule has 0 unspecified atom stereocenters. The first-order chi connectivity index (χ1) is 13.1. The molecule has 1 saturated carbocycles. The summed E-state index contributed by atoms with van der Waals surface area (Å²) in [5.74, 6) is 1.30. The van der Waals surface area contributed by atoms with E-state index in [1.54, 1.807) is 6.07 Å². The van der Waals surface area contributed by atoms with Gasteiger partial charge >= 0.3 is 7.12 Å². The van der Waals surface area contributed by atoms with Gasteiger partial charge in [0.2, 0.25) is 0 Å². The molecule has 1 aromatic carbocycles. The van der Waals surface area contributed by atoms with Gasteiger partial charge in [-0.3, -0.25) is 4.79 Å². The van der Waals surface area contributed by atoms with Gasteiger partial charge in [-0.15, -0.1) is 0 Å². The number of hydrogen-bond donors (Lipinski definition) is 0. The van der Waals surface area contributed by atoms with Crippen molar-refractivity contribution < 1.29 is 23.2 Å². The van der Waals surface area contributed by atoms with Crippen LogP contribution in [-0.4, -0.2) is 35.8 Å². The number of thioether (sulfide) groups is 1. The first kappa shape index (κ1) is 21.4. The van der Waals surface area contributed by atoms with E-state index in [-0.39, 0.29) is 10.9 Å². The molecule has 1 aromatic rings. The van der Waals surface area contributed by atoms with Crippen molar-refractivity contribution in [2.45, 2.75) is 58.7 Å². The highest BCUT2D eigenvalue weighted by Crippen LogP contribution is 2.40. The van der Waals surface area contributed by atoms with Gasteiger partial charge in [0.05, 0.1) is 17.8 Å². The van der Waals surface area contributed by atoms with Gasteiger partial charge in [0.1, 0.15) is 11.6 Å². The molecule has 3 rings (SSSR count). The SMILES string of the molecule is CC(=O)SCC(=Cc1cc(F)ccc1OCC1CC1)B1OC(C)(C)C(C)(C)O1. The van der Waals surface area contributed by atoms with Crippen LogP contribution < -0.4 is 4.74 Å². The average Bonchev–Trinajstić information content (AvgIpc) is 3.37. The number of hydrogen-bond acceptors (Lipinski definition) is 5. The zero-order valence-corrected chi connectivity index (χ0v) is 18.0. The van der Waals surface area contributed by atoms with E-state index in [9.17, 15) is 9.18 Å². The van der Waals surface area contributed by atoms with E-state index in [0.717, 1.165) is 5.47 Å². The van der Waals surface area contributed by atoms with Crippen LogP contribution in [0.5, 0.6) is 5.75 Å². The number of halogens is 1. The van der Waals surface area contributed by atoms with Crippen molar-refractivity contribution in [3.05, 3.63) is 35.1 Å². The Morgan fingerprint density at radius 1 is 1.29 bits per heavy atom. The lowest BCUT2D eigenvalue weighted by atomic mass is 9.78. The minimum absolute atomic E-state index is 0.00636. The number of ether oxygens (including phenoxy) is 1. The van der Waals surface area contributed by atoms with Crippen molar-refractivity contribution in [1.82, 2.24) is 0 Å². The van der Waals surface area contributed by atoms with Crippen LogP contribution in [0.1, 0.15) is 53.0 Å².